The normalized spacial score (nSPS) is 20.8. The molecule has 24 heteroatoms. The molecule has 0 radical (unpaired) electrons. The molecule has 2 unspecified atom stereocenters. The Balaban J connectivity index is 0.754. The van der Waals surface area contributed by atoms with Gasteiger partial charge in [-0.3, -0.25) is 19.3 Å². The van der Waals surface area contributed by atoms with Gasteiger partial charge in [-0.1, -0.05) is 57.2 Å². The molecule has 84 heavy (non-hydrogen) atoms. The lowest BCUT2D eigenvalue weighted by atomic mass is 9.85. The van der Waals surface area contributed by atoms with Crippen LogP contribution in [0.2, 0.25) is 0 Å². The number of nitriles is 1. The smallest absolute Gasteiger partial charge is 0.417 e. The average Bonchev–Trinajstić information content (AvgIpc) is 1.78. The third kappa shape index (κ3) is 12.5. The number of aromatic nitrogens is 2. The molecule has 0 saturated carbocycles. The van der Waals surface area contributed by atoms with Crippen LogP contribution in [-0.2, 0) is 25.3 Å². The van der Waals surface area contributed by atoms with Crippen molar-refractivity contribution in [3.8, 4) is 34.3 Å². The number of thiophene rings is 1. The lowest BCUT2D eigenvalue weighted by Gasteiger charge is -2.35. The van der Waals surface area contributed by atoms with Gasteiger partial charge in [0.05, 0.1) is 40.1 Å². The van der Waals surface area contributed by atoms with E-state index in [1.165, 1.54) is 23.1 Å². The Bertz CT molecular complexity index is 3490. The first-order chi connectivity index (χ1) is 40.0. The number of nitrogens with two attached hydrogens (primary N) is 1. The van der Waals surface area contributed by atoms with Crippen molar-refractivity contribution in [2.45, 2.75) is 121 Å². The average molecular weight is 1190 g/mol. The summed E-state index contributed by atoms with van der Waals surface area (Å²) in [4.78, 5) is 55.8. The van der Waals surface area contributed by atoms with Crippen molar-refractivity contribution in [2.24, 2.45) is 5.41 Å². The van der Waals surface area contributed by atoms with Crippen molar-refractivity contribution in [1.29, 1.82) is 5.26 Å². The predicted octanol–water partition coefficient (Wildman–Crippen LogP) is 9.16. The van der Waals surface area contributed by atoms with Crippen LogP contribution in [0.25, 0.3) is 43.2 Å². The molecule has 4 aromatic carbocycles. The first kappa shape index (κ1) is 60.0. The number of piperazine rings is 1. The number of hydrogen-bond donors (Lipinski definition) is 5. The van der Waals surface area contributed by atoms with Crippen LogP contribution < -0.4 is 31.3 Å². The van der Waals surface area contributed by atoms with E-state index in [1.54, 1.807) is 52.0 Å². The SMILES string of the molecule is C[C@H](NC(=O)[C@@H]1C[C@@H](O)CN1C(=O)[C@@H](NC(=O)CCOCCCN1CCC[C@H]1COc1nc(N2CC3CCC(C2)N3)c2cc(C(F)(F)F)c(-c3ccc(F)c4sc(N)c(C#N)c34)c(F)c2n1)C(C)(C)C)c1ccc(-c2c(F)cccc2F)cc1. The van der Waals surface area contributed by atoms with E-state index in [1.807, 2.05) is 11.0 Å². The van der Waals surface area contributed by atoms with Crippen molar-refractivity contribution in [2.75, 3.05) is 63.2 Å². The number of halogens is 7. The number of alkyl halides is 3. The maximum Gasteiger partial charge on any atom is 0.417 e. The van der Waals surface area contributed by atoms with E-state index in [0.717, 1.165) is 50.4 Å². The number of amides is 3. The number of carbonyl (C=O) groups is 3. The van der Waals surface area contributed by atoms with Crippen molar-refractivity contribution in [3.05, 3.63) is 101 Å². The largest absolute Gasteiger partial charge is 0.462 e. The molecule has 4 aliphatic rings. The minimum atomic E-state index is -5.11. The molecule has 6 heterocycles. The van der Waals surface area contributed by atoms with E-state index in [9.17, 15) is 33.5 Å². The molecule has 2 aromatic heterocycles. The van der Waals surface area contributed by atoms with Gasteiger partial charge in [0.15, 0.2) is 5.82 Å². The number of fused-ring (bicyclic) bond motifs is 4. The molecule has 4 saturated heterocycles. The molecule has 6 N–H and O–H groups in total. The Labute approximate surface area is 484 Å². The van der Waals surface area contributed by atoms with Gasteiger partial charge in [0, 0.05) is 80.1 Å². The quantitative estimate of drug-likeness (QED) is 0.0402. The summed E-state index contributed by atoms with van der Waals surface area (Å²) in [5.41, 5.74) is 2.70. The second-order valence-electron chi connectivity index (χ2n) is 23.2. The number of hydrogen-bond acceptors (Lipinski definition) is 14. The molecular weight excluding hydrogens is 1120 g/mol. The number of β-amino-alcohol motifs (C(OH)–C–C–N with tert-alkyl or cyclic N) is 1. The monoisotopic (exact) mass is 1190 g/mol. The summed E-state index contributed by atoms with van der Waals surface area (Å²) < 4.78 is 119. The minimum absolute atomic E-state index is 0.0271. The van der Waals surface area contributed by atoms with Gasteiger partial charge in [0.25, 0.3) is 0 Å². The topological polar surface area (TPSA) is 211 Å². The Morgan fingerprint density at radius 1 is 0.929 bits per heavy atom. The second kappa shape index (κ2) is 24.4. The van der Waals surface area contributed by atoms with Crippen LogP contribution in [0.5, 0.6) is 6.01 Å². The van der Waals surface area contributed by atoms with Gasteiger partial charge in [-0.2, -0.15) is 28.4 Å². The summed E-state index contributed by atoms with van der Waals surface area (Å²) in [6.07, 6.45) is -2.39. The fourth-order valence-corrected chi connectivity index (χ4v) is 13.1. The molecule has 0 spiro atoms. The summed E-state index contributed by atoms with van der Waals surface area (Å²) in [5, 5.41) is 29.4. The number of anilines is 2. The number of likely N-dealkylation sites (tertiary alicyclic amines) is 2. The number of rotatable bonds is 18. The zero-order valence-electron chi connectivity index (χ0n) is 46.7. The fourth-order valence-electron chi connectivity index (χ4n) is 12.1. The molecule has 4 aliphatic heterocycles. The highest BCUT2D eigenvalue weighted by atomic mass is 32.1. The lowest BCUT2D eigenvalue weighted by molar-refractivity contribution is -0.144. The standard InChI is InChI=1S/C60H65F7N10O6S/c1-31(32-11-13-33(14-12-32)47-42(61)9-5-10-43(47)62)70-56(80)45-24-37(78)29-77(45)57(81)53(59(2,3)4)72-46(79)19-23-82-22-7-21-75-20-6-8-36(75)30-83-58-73-51-39(55(74-58)76-27-34-15-16-35(28-76)71-34)25-41(60(65,66)67)49(50(51)64)38-17-18-44(63)52-48(38)40(26-68)54(69)84-52/h5,9-14,17-18,25,31,34-37,45,53,71,78H,6-8,15-16,19-24,27-30,69H2,1-4H3,(H,70,80)(H,72,79)/t31-,34?,35?,36-,37+,45-,53+/m0/s1. The van der Waals surface area contributed by atoms with E-state index >= 15 is 22.0 Å². The number of benzene rings is 4. The van der Waals surface area contributed by atoms with Gasteiger partial charge in [-0.25, -0.2) is 17.6 Å². The molecule has 6 aromatic rings. The Kier molecular flexibility index (Phi) is 17.4. The molecule has 446 valence electrons. The van der Waals surface area contributed by atoms with E-state index in [-0.39, 0.29) is 106 Å². The maximum absolute atomic E-state index is 17.4. The Morgan fingerprint density at radius 2 is 1.64 bits per heavy atom. The van der Waals surface area contributed by atoms with Crippen LogP contribution in [0.1, 0.15) is 95.4 Å². The van der Waals surface area contributed by atoms with Crippen LogP contribution in [-0.4, -0.2) is 131 Å². The maximum atomic E-state index is 17.4. The number of nitrogens with one attached hydrogen (secondary N) is 3. The molecule has 2 bridgehead atoms. The van der Waals surface area contributed by atoms with E-state index < -0.39 is 93.5 Å². The Morgan fingerprint density at radius 3 is 2.32 bits per heavy atom. The first-order valence-electron chi connectivity index (χ1n) is 28.1. The van der Waals surface area contributed by atoms with E-state index in [0.29, 0.717) is 48.5 Å². The van der Waals surface area contributed by atoms with Crippen LogP contribution in [0.3, 0.4) is 0 Å². The van der Waals surface area contributed by atoms with Crippen LogP contribution in [0.15, 0.2) is 60.7 Å². The van der Waals surface area contributed by atoms with Crippen molar-refractivity contribution >= 4 is 60.9 Å². The highest BCUT2D eigenvalue weighted by molar-refractivity contribution is 7.23. The highest BCUT2D eigenvalue weighted by Crippen LogP contribution is 2.48. The van der Waals surface area contributed by atoms with E-state index in [2.05, 4.69) is 30.8 Å². The molecule has 7 atom stereocenters. The van der Waals surface area contributed by atoms with Gasteiger partial charge in [0.1, 0.15) is 58.5 Å². The van der Waals surface area contributed by atoms with Crippen molar-refractivity contribution in [3.63, 3.8) is 0 Å². The number of ether oxygens (including phenoxy) is 2. The lowest BCUT2D eigenvalue weighted by Crippen LogP contribution is -2.58. The number of carbonyl (C=O) groups excluding carboxylic acids is 3. The molecule has 4 fully saturated rings. The number of aliphatic hydroxyl groups is 1. The minimum Gasteiger partial charge on any atom is -0.462 e. The Hall–Kier alpha value is -7.17. The predicted molar refractivity (Wildman–Crippen MR) is 303 cm³/mol. The fraction of sp³-hybridized carbons (Fsp3) is 0.467. The van der Waals surface area contributed by atoms with Crippen molar-refractivity contribution in [1.82, 2.24) is 35.7 Å². The number of nitrogen functional groups attached to an aromatic ring is 1. The third-order valence-corrected chi connectivity index (χ3v) is 17.4. The molecule has 16 nitrogen and oxygen atoms in total. The van der Waals surface area contributed by atoms with Crippen LogP contribution in [0, 0.1) is 40.0 Å². The first-order valence-corrected chi connectivity index (χ1v) is 28.9. The molecule has 10 rings (SSSR count). The summed E-state index contributed by atoms with van der Waals surface area (Å²) in [6, 6.07) is 11.6. The van der Waals surface area contributed by atoms with Crippen LogP contribution in [0.4, 0.5) is 41.6 Å². The molecule has 3 amide bonds. The van der Waals surface area contributed by atoms with Crippen LogP contribution >= 0.6 is 11.3 Å². The van der Waals surface area contributed by atoms with Gasteiger partial charge in [-0.15, -0.1) is 11.3 Å². The van der Waals surface area contributed by atoms with Crippen molar-refractivity contribution < 1.29 is 59.7 Å². The van der Waals surface area contributed by atoms with E-state index in [4.69, 9.17) is 15.2 Å². The summed E-state index contributed by atoms with van der Waals surface area (Å²) in [7, 11) is 0. The zero-order valence-corrected chi connectivity index (χ0v) is 47.5. The zero-order chi connectivity index (χ0) is 59.9. The number of aliphatic hydroxyl groups excluding tert-OH is 1. The highest BCUT2D eigenvalue weighted by Gasteiger charge is 2.45. The van der Waals surface area contributed by atoms with Gasteiger partial charge in [0.2, 0.25) is 17.7 Å². The molecular formula is C60H65F7N10O6S. The summed E-state index contributed by atoms with van der Waals surface area (Å²) in [5.74, 6) is -5.02. The van der Waals surface area contributed by atoms with Gasteiger partial charge >= 0.3 is 12.2 Å². The second-order valence-corrected chi connectivity index (χ2v) is 24.3. The number of nitrogens with zero attached hydrogens (tertiary/aromatic N) is 6. The summed E-state index contributed by atoms with van der Waals surface area (Å²) in [6.45, 7) is 9.41. The summed E-state index contributed by atoms with van der Waals surface area (Å²) >= 11 is 0.685. The van der Waals surface area contributed by atoms with Gasteiger partial charge < -0.3 is 46.1 Å². The third-order valence-electron chi connectivity index (χ3n) is 16.3. The van der Waals surface area contributed by atoms with Gasteiger partial charge in [-0.05, 0) is 91.9 Å². The molecule has 0 aliphatic carbocycles.